The molecule has 1 heterocycles. The van der Waals surface area contributed by atoms with Gasteiger partial charge in [0.1, 0.15) is 11.5 Å². The van der Waals surface area contributed by atoms with E-state index < -0.39 is 11.7 Å². The quantitative estimate of drug-likeness (QED) is 0.607. The highest BCUT2D eigenvalue weighted by molar-refractivity contribution is 6.06. The minimum absolute atomic E-state index is 0.236. The second kappa shape index (κ2) is 8.77. The van der Waals surface area contributed by atoms with E-state index in [1.54, 1.807) is 32.4 Å². The summed E-state index contributed by atoms with van der Waals surface area (Å²) in [4.78, 5) is 12.7. The minimum atomic E-state index is -0.465. The van der Waals surface area contributed by atoms with E-state index in [0.29, 0.717) is 35.2 Å². The van der Waals surface area contributed by atoms with Gasteiger partial charge in [0.05, 0.1) is 25.6 Å². The predicted octanol–water partition coefficient (Wildman–Crippen LogP) is 4.68. The first-order valence-corrected chi connectivity index (χ1v) is 9.29. The lowest BCUT2D eigenvalue weighted by atomic mass is 10.0. The number of hydrogen-bond acceptors (Lipinski definition) is 4. The molecule has 1 amide bonds. The first kappa shape index (κ1) is 20.4. The van der Waals surface area contributed by atoms with Crippen molar-refractivity contribution in [1.29, 1.82) is 0 Å². The zero-order chi connectivity index (χ0) is 21.0. The predicted molar refractivity (Wildman–Crippen MR) is 110 cm³/mol. The summed E-state index contributed by atoms with van der Waals surface area (Å²) in [6.07, 6.45) is 0.694. The second-order valence-corrected chi connectivity index (χ2v) is 7.06. The molecule has 0 aliphatic rings. The van der Waals surface area contributed by atoms with E-state index in [1.807, 2.05) is 6.07 Å². The maximum absolute atomic E-state index is 13.5. The van der Waals surface area contributed by atoms with Crippen molar-refractivity contribution in [3.63, 3.8) is 0 Å². The van der Waals surface area contributed by atoms with E-state index in [0.717, 1.165) is 11.3 Å². The molecule has 0 saturated carbocycles. The number of anilines is 1. The molecule has 0 unspecified atom stereocenters. The molecule has 152 valence electrons. The number of aromatic nitrogens is 2. The van der Waals surface area contributed by atoms with E-state index in [2.05, 4.69) is 29.4 Å². The van der Waals surface area contributed by atoms with Gasteiger partial charge in [-0.3, -0.25) is 9.89 Å². The van der Waals surface area contributed by atoms with Gasteiger partial charge < -0.3 is 14.8 Å². The summed E-state index contributed by atoms with van der Waals surface area (Å²) in [5.74, 6) is 0.629. The maximum atomic E-state index is 13.5. The Balaban J connectivity index is 2.02. The molecule has 0 fully saturated rings. The Kier molecular flexibility index (Phi) is 6.16. The van der Waals surface area contributed by atoms with Crippen LogP contribution in [0.25, 0.3) is 11.3 Å². The van der Waals surface area contributed by atoms with E-state index in [1.165, 1.54) is 18.2 Å². The summed E-state index contributed by atoms with van der Waals surface area (Å²) in [5, 5.41) is 10.4. The lowest BCUT2D eigenvalue weighted by molar-refractivity contribution is 0.102. The average Bonchev–Trinajstić information content (AvgIpc) is 3.08. The van der Waals surface area contributed by atoms with Gasteiger partial charge >= 0.3 is 0 Å². The van der Waals surface area contributed by atoms with Crippen LogP contribution in [-0.2, 0) is 6.42 Å². The van der Waals surface area contributed by atoms with Crippen molar-refractivity contribution in [3.05, 3.63) is 59.5 Å². The molecule has 0 saturated heterocycles. The van der Waals surface area contributed by atoms with Crippen LogP contribution < -0.4 is 14.8 Å². The van der Waals surface area contributed by atoms with E-state index in [4.69, 9.17) is 9.47 Å². The number of carbonyl (C=O) groups is 1. The first-order valence-electron chi connectivity index (χ1n) is 9.29. The van der Waals surface area contributed by atoms with Crippen molar-refractivity contribution in [2.45, 2.75) is 20.3 Å². The summed E-state index contributed by atoms with van der Waals surface area (Å²) < 4.78 is 24.2. The number of carbonyl (C=O) groups excluding carboxylic acids is 1. The van der Waals surface area contributed by atoms with E-state index >= 15 is 0 Å². The number of benzene rings is 2. The van der Waals surface area contributed by atoms with Gasteiger partial charge in [-0.25, -0.2) is 4.39 Å². The van der Waals surface area contributed by atoms with Gasteiger partial charge in [-0.05, 0) is 48.7 Å². The zero-order valence-corrected chi connectivity index (χ0v) is 16.9. The number of hydrogen-bond donors (Lipinski definition) is 2. The zero-order valence-electron chi connectivity index (χ0n) is 16.9. The Morgan fingerprint density at radius 2 is 1.90 bits per heavy atom. The molecular weight excluding hydrogens is 373 g/mol. The van der Waals surface area contributed by atoms with Crippen LogP contribution in [0.4, 0.5) is 10.1 Å². The van der Waals surface area contributed by atoms with Crippen LogP contribution in [0.3, 0.4) is 0 Å². The number of halogens is 1. The number of amides is 1. The van der Waals surface area contributed by atoms with Gasteiger partial charge in [-0.2, -0.15) is 5.10 Å². The van der Waals surface area contributed by atoms with Gasteiger partial charge in [0.2, 0.25) is 0 Å². The highest BCUT2D eigenvalue weighted by Crippen LogP contribution is 2.36. The molecule has 0 aliphatic heterocycles. The third-order valence-electron chi connectivity index (χ3n) is 4.44. The fourth-order valence-corrected chi connectivity index (χ4v) is 3.08. The van der Waals surface area contributed by atoms with Crippen molar-refractivity contribution in [2.75, 3.05) is 19.5 Å². The van der Waals surface area contributed by atoms with E-state index in [-0.39, 0.29) is 5.56 Å². The second-order valence-electron chi connectivity index (χ2n) is 7.06. The Hall–Kier alpha value is -3.35. The lowest BCUT2D eigenvalue weighted by Crippen LogP contribution is -2.14. The molecule has 0 radical (unpaired) electrons. The van der Waals surface area contributed by atoms with Gasteiger partial charge in [0.25, 0.3) is 5.91 Å². The number of H-pyrrole nitrogens is 1. The number of ether oxygens (including phenoxy) is 2. The normalized spacial score (nSPS) is 10.8. The first-order chi connectivity index (χ1) is 13.9. The van der Waals surface area contributed by atoms with Crippen LogP contribution in [0, 0.1) is 11.7 Å². The van der Waals surface area contributed by atoms with Gasteiger partial charge in [-0.1, -0.05) is 19.9 Å². The number of methoxy groups -OCH3 is 2. The molecule has 7 heteroatoms. The summed E-state index contributed by atoms with van der Waals surface area (Å²) in [7, 11) is 3.13. The number of nitrogens with one attached hydrogen (secondary N) is 2. The molecular formula is C22H24FN3O3. The molecule has 0 atom stereocenters. The van der Waals surface area contributed by atoms with Crippen LogP contribution in [0.2, 0.25) is 0 Å². The SMILES string of the molecule is COc1ccc(-c2n[nH]c(CC(C)C)c2NC(=O)c2cccc(F)c2)cc1OC. The van der Waals surface area contributed by atoms with Crippen LogP contribution in [0.15, 0.2) is 42.5 Å². The van der Waals surface area contributed by atoms with Gasteiger partial charge in [0.15, 0.2) is 11.5 Å². The van der Waals surface area contributed by atoms with E-state index in [9.17, 15) is 9.18 Å². The molecule has 2 aromatic carbocycles. The molecule has 2 N–H and O–H groups in total. The summed E-state index contributed by atoms with van der Waals surface area (Å²) in [6, 6.07) is 11.0. The standard InChI is InChI=1S/C22H24FN3O3/c1-13(2)10-17-21(24-22(27)15-6-5-7-16(23)11-15)20(26-25-17)14-8-9-18(28-3)19(12-14)29-4/h5-9,11-13H,10H2,1-4H3,(H,24,27)(H,25,26). The minimum Gasteiger partial charge on any atom is -0.493 e. The maximum Gasteiger partial charge on any atom is 0.255 e. The fraction of sp³-hybridized carbons (Fsp3) is 0.273. The van der Waals surface area contributed by atoms with Crippen LogP contribution in [-0.4, -0.2) is 30.3 Å². The van der Waals surface area contributed by atoms with Crippen molar-refractivity contribution in [1.82, 2.24) is 10.2 Å². The number of nitrogens with zero attached hydrogens (tertiary/aromatic N) is 1. The molecule has 29 heavy (non-hydrogen) atoms. The van der Waals surface area contributed by atoms with Crippen molar-refractivity contribution >= 4 is 11.6 Å². The monoisotopic (exact) mass is 397 g/mol. The highest BCUT2D eigenvalue weighted by Gasteiger charge is 2.20. The van der Waals surface area contributed by atoms with Crippen molar-refractivity contribution < 1.29 is 18.7 Å². The summed E-state index contributed by atoms with van der Waals surface area (Å²) >= 11 is 0. The third kappa shape index (κ3) is 4.56. The average molecular weight is 397 g/mol. The number of rotatable bonds is 7. The largest absolute Gasteiger partial charge is 0.493 e. The van der Waals surface area contributed by atoms with Crippen LogP contribution in [0.5, 0.6) is 11.5 Å². The molecule has 1 aromatic heterocycles. The number of aromatic amines is 1. The third-order valence-corrected chi connectivity index (χ3v) is 4.44. The Morgan fingerprint density at radius 3 is 2.55 bits per heavy atom. The summed E-state index contributed by atoms with van der Waals surface area (Å²) in [6.45, 7) is 4.16. The fourth-order valence-electron chi connectivity index (χ4n) is 3.08. The molecule has 0 bridgehead atoms. The molecule has 3 rings (SSSR count). The van der Waals surface area contributed by atoms with Crippen molar-refractivity contribution in [3.8, 4) is 22.8 Å². The van der Waals surface area contributed by atoms with Gasteiger partial charge in [0, 0.05) is 11.1 Å². The molecule has 6 nitrogen and oxygen atoms in total. The Bertz CT molecular complexity index is 1010. The van der Waals surface area contributed by atoms with Crippen molar-refractivity contribution in [2.24, 2.45) is 5.92 Å². The lowest BCUT2D eigenvalue weighted by Gasteiger charge is -2.12. The Morgan fingerprint density at radius 1 is 1.14 bits per heavy atom. The van der Waals surface area contributed by atoms with Crippen LogP contribution in [0.1, 0.15) is 29.9 Å². The molecule has 0 spiro atoms. The van der Waals surface area contributed by atoms with Gasteiger partial charge in [-0.15, -0.1) is 0 Å². The Labute approximate surface area is 169 Å². The smallest absolute Gasteiger partial charge is 0.255 e. The molecule has 3 aromatic rings. The topological polar surface area (TPSA) is 76.2 Å². The molecule has 0 aliphatic carbocycles. The highest BCUT2D eigenvalue weighted by atomic mass is 19.1. The summed E-state index contributed by atoms with van der Waals surface area (Å²) in [5.41, 5.74) is 2.93. The van der Waals surface area contributed by atoms with Crippen LogP contribution >= 0.6 is 0 Å².